The third kappa shape index (κ3) is 4.09. The van der Waals surface area contributed by atoms with Gasteiger partial charge < -0.3 is 19.9 Å². The molecule has 14 heteroatoms. The Labute approximate surface area is 166 Å². The number of carbonyl (C=O) groups is 4. The first-order chi connectivity index (χ1) is 13.4. The fourth-order valence-electron chi connectivity index (χ4n) is 2.60. The van der Waals surface area contributed by atoms with Crippen molar-refractivity contribution in [2.45, 2.75) is 35.6 Å². The molecule has 0 aromatic carbocycles. The van der Waals surface area contributed by atoms with E-state index in [4.69, 9.17) is 14.3 Å². The summed E-state index contributed by atoms with van der Waals surface area (Å²) in [5, 5.41) is 20.9. The Kier molecular flexibility index (Phi) is 6.12. The molecule has 0 saturated carbocycles. The minimum absolute atomic E-state index is 0.0234. The molecular formula is C14H16N4O8S2. The van der Waals surface area contributed by atoms with Crippen molar-refractivity contribution in [2.75, 3.05) is 19.5 Å². The number of carboxylic acids is 1. The highest BCUT2D eigenvalue weighted by Gasteiger charge is 2.59. The molecule has 1 unspecified atom stereocenters. The van der Waals surface area contributed by atoms with Crippen LogP contribution in [0.25, 0.3) is 0 Å². The smallest absolute Gasteiger partial charge is 0.372 e. The van der Waals surface area contributed by atoms with Crippen molar-refractivity contribution in [3.05, 3.63) is 5.01 Å². The highest BCUT2D eigenvalue weighted by molar-refractivity contribution is 8.01. The largest absolute Gasteiger partial charge is 0.477 e. The Morgan fingerprint density at radius 3 is 2.89 bits per heavy atom. The number of nitrogens with zero attached hydrogens (tertiary/aromatic N) is 3. The van der Waals surface area contributed by atoms with E-state index in [1.54, 1.807) is 0 Å². The maximum atomic E-state index is 12.5. The minimum atomic E-state index is -2.20. The highest BCUT2D eigenvalue weighted by Crippen LogP contribution is 2.34. The molecule has 2 amide bonds. The van der Waals surface area contributed by atoms with Gasteiger partial charge in [0.2, 0.25) is 5.91 Å². The number of carboxylic acid groups (broad SMARTS) is 1. The number of rotatable bonds is 8. The molecule has 2 aliphatic heterocycles. The number of thioether (sulfide) groups is 1. The van der Waals surface area contributed by atoms with E-state index in [0.717, 1.165) is 11.8 Å². The van der Waals surface area contributed by atoms with Crippen LogP contribution in [-0.2, 0) is 40.1 Å². The lowest BCUT2D eigenvalue weighted by Gasteiger charge is -2.30. The molecule has 1 aromatic rings. The first-order valence-corrected chi connectivity index (χ1v) is 9.81. The average molecular weight is 432 g/mol. The summed E-state index contributed by atoms with van der Waals surface area (Å²) in [6.07, 6.45) is -0.385. The molecule has 0 aliphatic carbocycles. The number of esters is 1. The molecular weight excluding hydrogens is 416 g/mol. The molecule has 1 aromatic heterocycles. The summed E-state index contributed by atoms with van der Waals surface area (Å²) < 4.78 is 10.4. The fraction of sp³-hybridized carbons (Fsp3) is 0.571. The van der Waals surface area contributed by atoms with E-state index in [-0.39, 0.29) is 25.2 Å². The van der Waals surface area contributed by atoms with E-state index in [9.17, 15) is 24.3 Å². The molecule has 12 nitrogen and oxygen atoms in total. The topological polar surface area (TPSA) is 157 Å². The molecule has 0 radical (unpaired) electrons. The van der Waals surface area contributed by atoms with Gasteiger partial charge in [0, 0.05) is 13.5 Å². The number of hydroxylamine groups is 2. The fourth-order valence-corrected chi connectivity index (χ4v) is 4.27. The number of cyclic esters (lactones) is 1. The van der Waals surface area contributed by atoms with Crippen molar-refractivity contribution in [1.29, 1.82) is 0 Å². The Bertz CT molecular complexity index is 802. The van der Waals surface area contributed by atoms with Crippen LogP contribution in [0.3, 0.4) is 0 Å². The lowest BCUT2D eigenvalue weighted by molar-refractivity contribution is -0.256. The van der Waals surface area contributed by atoms with Crippen LogP contribution in [0, 0.1) is 0 Å². The van der Waals surface area contributed by atoms with Crippen LogP contribution in [0.4, 0.5) is 0 Å². The average Bonchev–Trinajstić information content (AvgIpc) is 3.34. The van der Waals surface area contributed by atoms with Gasteiger partial charge >= 0.3 is 17.7 Å². The van der Waals surface area contributed by atoms with E-state index >= 15 is 0 Å². The summed E-state index contributed by atoms with van der Waals surface area (Å²) >= 11 is 2.42. The predicted octanol–water partition coefficient (Wildman–Crippen LogP) is -0.847. The van der Waals surface area contributed by atoms with Crippen molar-refractivity contribution >= 4 is 46.9 Å². The van der Waals surface area contributed by atoms with Crippen molar-refractivity contribution in [2.24, 2.45) is 0 Å². The summed E-state index contributed by atoms with van der Waals surface area (Å²) in [6.45, 7) is 0.0582. The Morgan fingerprint density at radius 2 is 2.25 bits per heavy atom. The summed E-state index contributed by atoms with van der Waals surface area (Å²) in [4.78, 5) is 52.7. The molecule has 28 heavy (non-hydrogen) atoms. The zero-order valence-electron chi connectivity index (χ0n) is 14.6. The van der Waals surface area contributed by atoms with Gasteiger partial charge in [0.1, 0.15) is 17.7 Å². The Morgan fingerprint density at radius 1 is 1.46 bits per heavy atom. The van der Waals surface area contributed by atoms with Gasteiger partial charge in [-0.15, -0.1) is 10.2 Å². The van der Waals surface area contributed by atoms with Crippen LogP contribution in [0.15, 0.2) is 4.34 Å². The van der Waals surface area contributed by atoms with Crippen molar-refractivity contribution < 1.29 is 38.6 Å². The zero-order chi connectivity index (χ0) is 20.3. The first kappa shape index (κ1) is 20.4. The normalized spacial score (nSPS) is 24.5. The lowest BCUT2D eigenvalue weighted by Crippen LogP contribution is -2.56. The summed E-state index contributed by atoms with van der Waals surface area (Å²) in [6, 6.07) is -1.08. The predicted molar refractivity (Wildman–Crippen MR) is 91.8 cm³/mol. The van der Waals surface area contributed by atoms with Crippen LogP contribution in [0.1, 0.15) is 17.8 Å². The molecule has 2 N–H and O–H groups in total. The van der Waals surface area contributed by atoms with Crippen molar-refractivity contribution in [3.63, 3.8) is 0 Å². The highest BCUT2D eigenvalue weighted by atomic mass is 32.2. The summed E-state index contributed by atoms with van der Waals surface area (Å²) in [5.41, 5.74) is -2.20. The van der Waals surface area contributed by atoms with E-state index < -0.39 is 35.5 Å². The van der Waals surface area contributed by atoms with E-state index in [2.05, 4.69) is 15.5 Å². The van der Waals surface area contributed by atoms with Gasteiger partial charge in [-0.3, -0.25) is 19.2 Å². The lowest BCUT2D eigenvalue weighted by atomic mass is 10.1. The standard InChI is InChI=1S/C14H16N4O8S2/c1-24-5-9-16-17-13(28-9)27-6-8(19)15-7-4-25-18(11(7)21)14(12(22)23)3-2-10(20)26-14/h7H,2-6H2,1H3,(H,15,19)(H,22,23)/t7-,14?/m0/s1. The second kappa shape index (κ2) is 8.38. The number of amides is 2. The minimum Gasteiger partial charge on any atom is -0.477 e. The monoisotopic (exact) mass is 432 g/mol. The van der Waals surface area contributed by atoms with Crippen LogP contribution >= 0.6 is 23.1 Å². The summed E-state index contributed by atoms with van der Waals surface area (Å²) in [7, 11) is 1.53. The quantitative estimate of drug-likeness (QED) is 0.389. The third-order valence-electron chi connectivity index (χ3n) is 3.86. The van der Waals surface area contributed by atoms with Crippen LogP contribution in [0.2, 0.25) is 0 Å². The van der Waals surface area contributed by atoms with Gasteiger partial charge in [-0.2, -0.15) is 5.06 Å². The number of nitrogens with one attached hydrogen (secondary N) is 1. The van der Waals surface area contributed by atoms with Crippen molar-refractivity contribution in [3.8, 4) is 0 Å². The second-order valence-electron chi connectivity index (χ2n) is 5.80. The number of hydrogen-bond acceptors (Lipinski definition) is 11. The Hall–Kier alpha value is -2.29. The van der Waals surface area contributed by atoms with Crippen LogP contribution in [0.5, 0.6) is 0 Å². The van der Waals surface area contributed by atoms with Crippen LogP contribution in [-0.4, -0.2) is 75.4 Å². The molecule has 0 spiro atoms. The third-order valence-corrected chi connectivity index (χ3v) is 5.89. The second-order valence-corrected chi connectivity index (χ2v) is 8.08. The number of aliphatic carboxylic acids is 1. The van der Waals surface area contributed by atoms with Gasteiger partial charge in [0.15, 0.2) is 4.34 Å². The van der Waals surface area contributed by atoms with Gasteiger partial charge in [0.25, 0.3) is 5.91 Å². The molecule has 3 rings (SSSR count). The maximum absolute atomic E-state index is 12.5. The molecule has 152 valence electrons. The van der Waals surface area contributed by atoms with Gasteiger partial charge in [-0.1, -0.05) is 23.1 Å². The zero-order valence-corrected chi connectivity index (χ0v) is 16.2. The van der Waals surface area contributed by atoms with Gasteiger partial charge in [-0.25, -0.2) is 4.79 Å². The Balaban J connectivity index is 1.55. The molecule has 2 saturated heterocycles. The molecule has 2 fully saturated rings. The maximum Gasteiger partial charge on any atom is 0.372 e. The molecule has 0 bridgehead atoms. The number of hydrogen-bond donors (Lipinski definition) is 2. The van der Waals surface area contributed by atoms with E-state index in [1.165, 1.54) is 18.4 Å². The number of methoxy groups -OCH3 is 1. The molecule has 2 atom stereocenters. The van der Waals surface area contributed by atoms with E-state index in [1.807, 2.05) is 0 Å². The number of ether oxygens (including phenoxy) is 2. The number of aromatic nitrogens is 2. The number of carbonyl (C=O) groups excluding carboxylic acids is 3. The van der Waals surface area contributed by atoms with Gasteiger partial charge in [-0.05, 0) is 0 Å². The first-order valence-electron chi connectivity index (χ1n) is 8.01. The summed E-state index contributed by atoms with van der Waals surface area (Å²) in [5.74, 6) is -3.55. The van der Waals surface area contributed by atoms with E-state index in [0.29, 0.717) is 21.0 Å². The SMILES string of the molecule is COCc1nnc(SCC(=O)N[C@H]2CON(C3(C(=O)O)CCC(=O)O3)C2=O)s1. The molecule has 2 aliphatic rings. The van der Waals surface area contributed by atoms with Crippen LogP contribution < -0.4 is 5.32 Å². The molecule has 3 heterocycles. The van der Waals surface area contributed by atoms with Crippen molar-refractivity contribution in [1.82, 2.24) is 20.6 Å². The van der Waals surface area contributed by atoms with Gasteiger partial charge in [0.05, 0.1) is 18.8 Å².